The quantitative estimate of drug-likeness (QED) is 0.0261. The molecule has 0 amide bonds. The normalized spacial score (nSPS) is 13.1. The molecule has 0 aromatic carbocycles. The molecule has 0 fully saturated rings. The Hall–Kier alpha value is -4.97. The minimum absolute atomic E-state index is 0.108. The molecule has 0 bridgehead atoms. The van der Waals surface area contributed by atoms with Crippen LogP contribution in [0.15, 0.2) is 158 Å². The van der Waals surface area contributed by atoms with Crippen LogP contribution >= 0.6 is 0 Å². The average molecular weight is 1150 g/mol. The van der Waals surface area contributed by atoms with Crippen LogP contribution in [-0.2, 0) is 28.6 Å². The van der Waals surface area contributed by atoms with Gasteiger partial charge < -0.3 is 14.2 Å². The first-order valence-electron chi connectivity index (χ1n) is 34.0. The number of ether oxygens (including phenoxy) is 3. The highest BCUT2D eigenvalue weighted by Gasteiger charge is 2.19. The molecule has 468 valence electrons. The molecule has 0 spiro atoms. The lowest BCUT2D eigenvalue weighted by Gasteiger charge is -2.18. The van der Waals surface area contributed by atoms with Crippen LogP contribution < -0.4 is 0 Å². The molecular formula is C77H124O6. The predicted octanol–water partition coefficient (Wildman–Crippen LogP) is 23.7. The van der Waals surface area contributed by atoms with E-state index < -0.39 is 6.10 Å². The van der Waals surface area contributed by atoms with Crippen LogP contribution in [0.25, 0.3) is 0 Å². The predicted molar refractivity (Wildman–Crippen MR) is 362 cm³/mol. The fourth-order valence-electron chi connectivity index (χ4n) is 8.97. The first-order chi connectivity index (χ1) is 41.0. The number of carbonyl (C=O) groups excluding carboxylic acids is 3. The van der Waals surface area contributed by atoms with E-state index >= 15 is 0 Å². The lowest BCUT2D eigenvalue weighted by atomic mass is 10.0. The molecular weight excluding hydrogens is 1020 g/mol. The lowest BCUT2D eigenvalue weighted by Crippen LogP contribution is -2.30. The van der Waals surface area contributed by atoms with Gasteiger partial charge in [-0.05, 0) is 148 Å². The zero-order valence-electron chi connectivity index (χ0n) is 53.7. The Labute approximate surface area is 511 Å². The minimum atomic E-state index is -0.814. The van der Waals surface area contributed by atoms with Crippen LogP contribution in [0, 0.1) is 0 Å². The number of carbonyl (C=O) groups is 3. The molecule has 1 atom stereocenters. The summed E-state index contributed by atoms with van der Waals surface area (Å²) in [4.78, 5) is 38.4. The van der Waals surface area contributed by atoms with Crippen molar-refractivity contribution in [3.8, 4) is 0 Å². The van der Waals surface area contributed by atoms with Gasteiger partial charge in [-0.2, -0.15) is 0 Å². The van der Waals surface area contributed by atoms with Crippen LogP contribution in [0.5, 0.6) is 0 Å². The molecule has 0 aromatic rings. The van der Waals surface area contributed by atoms with E-state index in [2.05, 4.69) is 179 Å². The molecule has 0 aliphatic carbocycles. The van der Waals surface area contributed by atoms with Crippen molar-refractivity contribution >= 4 is 17.9 Å². The van der Waals surface area contributed by atoms with Gasteiger partial charge >= 0.3 is 17.9 Å². The van der Waals surface area contributed by atoms with E-state index in [9.17, 15) is 14.4 Å². The van der Waals surface area contributed by atoms with Crippen molar-refractivity contribution in [1.29, 1.82) is 0 Å². The van der Waals surface area contributed by atoms with Crippen molar-refractivity contribution in [1.82, 2.24) is 0 Å². The minimum Gasteiger partial charge on any atom is -0.462 e. The van der Waals surface area contributed by atoms with Gasteiger partial charge in [-0.25, -0.2) is 0 Å². The topological polar surface area (TPSA) is 78.9 Å². The fourth-order valence-corrected chi connectivity index (χ4v) is 8.97. The van der Waals surface area contributed by atoms with Gasteiger partial charge in [0, 0.05) is 19.3 Å². The third kappa shape index (κ3) is 67.7. The Balaban J connectivity index is 4.50. The SMILES string of the molecule is CC/C=C\C/C=C\C/C=C\C/C=C\C/C=C\C/C=C\C/C=C\CCCCCC(=O)OCC(COC(=O)CCCCCC/C=C\C/C=C\C/C=C\C/C=C\CC)OC(=O)CCCCCCCCCCCCC/C=C\C/C=C\CCCCCCC. The maximum atomic E-state index is 13.0. The Kier molecular flexibility index (Phi) is 65.4. The van der Waals surface area contributed by atoms with E-state index in [-0.39, 0.29) is 31.1 Å². The zero-order chi connectivity index (χ0) is 59.9. The highest BCUT2D eigenvalue weighted by molar-refractivity contribution is 5.71. The van der Waals surface area contributed by atoms with Gasteiger partial charge in [-0.3, -0.25) is 14.4 Å². The van der Waals surface area contributed by atoms with Crippen molar-refractivity contribution in [2.45, 2.75) is 297 Å². The Bertz CT molecular complexity index is 1840. The summed E-state index contributed by atoms with van der Waals surface area (Å²) in [5.41, 5.74) is 0. The fraction of sp³-hybridized carbons (Fsp3) is 0.623. The largest absolute Gasteiger partial charge is 0.462 e. The summed E-state index contributed by atoms with van der Waals surface area (Å²) in [6.45, 7) is 6.36. The van der Waals surface area contributed by atoms with Gasteiger partial charge in [0.15, 0.2) is 6.10 Å². The molecule has 6 nitrogen and oxygen atoms in total. The standard InChI is InChI=1S/C77H124O6/c1-4-7-10-13-16-19-22-25-28-31-33-35-37-38-40-41-43-46-49-52-55-58-61-64-67-70-76(79)82-73-74(72-81-75(78)69-66-63-60-57-54-51-48-45-30-27-24-21-18-15-12-9-6-3)83-77(80)71-68-65-62-59-56-53-50-47-44-42-39-36-34-32-29-26-23-20-17-14-11-8-5-2/h7,9-10,12,16,18-19,21,23,25-28,30,32-35,38,40,43,46,48,51-52,55,74H,4-6,8,11,13-15,17,20,22,24,29,31,36-37,39,41-42,44-45,47,49-50,53-54,56-73H2,1-3H3/b10-7-,12-9-,19-16-,21-18-,26-23-,28-25-,30-27-,34-32-,35-33-,40-38-,46-43-,51-48-,55-52-. The van der Waals surface area contributed by atoms with Gasteiger partial charge in [0.1, 0.15) is 13.2 Å². The van der Waals surface area contributed by atoms with Gasteiger partial charge in [0.05, 0.1) is 0 Å². The first-order valence-corrected chi connectivity index (χ1v) is 34.0. The van der Waals surface area contributed by atoms with Crippen LogP contribution in [0.2, 0.25) is 0 Å². The van der Waals surface area contributed by atoms with Crippen LogP contribution in [0.1, 0.15) is 290 Å². The number of allylic oxidation sites excluding steroid dienone is 26. The van der Waals surface area contributed by atoms with Crippen LogP contribution in [-0.4, -0.2) is 37.2 Å². The summed E-state index contributed by atoms with van der Waals surface area (Å²) < 4.78 is 16.9. The number of hydrogen-bond acceptors (Lipinski definition) is 6. The second-order valence-corrected chi connectivity index (χ2v) is 22.0. The molecule has 0 aliphatic rings. The van der Waals surface area contributed by atoms with E-state index in [4.69, 9.17) is 14.2 Å². The van der Waals surface area contributed by atoms with E-state index in [0.29, 0.717) is 19.3 Å². The second kappa shape index (κ2) is 69.5. The van der Waals surface area contributed by atoms with Crippen molar-refractivity contribution in [3.05, 3.63) is 158 Å². The molecule has 0 radical (unpaired) electrons. The number of hydrogen-bond donors (Lipinski definition) is 0. The number of esters is 3. The van der Waals surface area contributed by atoms with Gasteiger partial charge in [0.25, 0.3) is 0 Å². The summed E-state index contributed by atoms with van der Waals surface area (Å²) in [5.74, 6) is -0.964. The molecule has 0 N–H and O–H groups in total. The van der Waals surface area contributed by atoms with Crippen LogP contribution in [0.4, 0.5) is 0 Å². The van der Waals surface area contributed by atoms with Crippen molar-refractivity contribution in [2.75, 3.05) is 13.2 Å². The zero-order valence-corrected chi connectivity index (χ0v) is 53.7. The molecule has 0 saturated heterocycles. The Morgan fingerprint density at radius 1 is 0.253 bits per heavy atom. The van der Waals surface area contributed by atoms with E-state index in [1.54, 1.807) is 0 Å². The molecule has 0 rings (SSSR count). The van der Waals surface area contributed by atoms with Gasteiger partial charge in [-0.15, -0.1) is 0 Å². The Morgan fingerprint density at radius 3 is 0.747 bits per heavy atom. The van der Waals surface area contributed by atoms with E-state index in [1.165, 1.54) is 96.3 Å². The number of unbranched alkanes of at least 4 members (excludes halogenated alkanes) is 23. The molecule has 0 saturated carbocycles. The third-order valence-electron chi connectivity index (χ3n) is 14.0. The van der Waals surface area contributed by atoms with Crippen molar-refractivity contribution in [2.24, 2.45) is 0 Å². The summed E-state index contributed by atoms with van der Waals surface area (Å²) >= 11 is 0. The average Bonchev–Trinajstić information content (AvgIpc) is 3.49. The maximum Gasteiger partial charge on any atom is 0.306 e. The summed E-state index contributed by atoms with van der Waals surface area (Å²) in [7, 11) is 0. The maximum absolute atomic E-state index is 13.0. The van der Waals surface area contributed by atoms with Gasteiger partial charge in [0.2, 0.25) is 0 Å². The van der Waals surface area contributed by atoms with Crippen LogP contribution in [0.3, 0.4) is 0 Å². The summed E-state index contributed by atoms with van der Waals surface area (Å²) in [6.07, 6.45) is 101. The van der Waals surface area contributed by atoms with Crippen molar-refractivity contribution < 1.29 is 28.6 Å². The molecule has 0 heterocycles. The van der Waals surface area contributed by atoms with Crippen molar-refractivity contribution in [3.63, 3.8) is 0 Å². The molecule has 6 heteroatoms. The summed E-state index contributed by atoms with van der Waals surface area (Å²) in [6, 6.07) is 0. The highest BCUT2D eigenvalue weighted by Crippen LogP contribution is 2.15. The smallest absolute Gasteiger partial charge is 0.306 e. The lowest BCUT2D eigenvalue weighted by molar-refractivity contribution is -0.167. The van der Waals surface area contributed by atoms with Gasteiger partial charge in [-0.1, -0.05) is 281 Å². The van der Waals surface area contributed by atoms with E-state index in [1.807, 2.05) is 0 Å². The molecule has 0 aliphatic heterocycles. The molecule has 83 heavy (non-hydrogen) atoms. The summed E-state index contributed by atoms with van der Waals surface area (Å²) in [5, 5.41) is 0. The third-order valence-corrected chi connectivity index (χ3v) is 14.0. The second-order valence-electron chi connectivity index (χ2n) is 22.0. The Morgan fingerprint density at radius 2 is 0.470 bits per heavy atom. The highest BCUT2D eigenvalue weighted by atomic mass is 16.6. The molecule has 1 unspecified atom stereocenters. The number of rotatable bonds is 60. The monoisotopic (exact) mass is 1140 g/mol. The van der Waals surface area contributed by atoms with E-state index in [0.717, 1.165) is 154 Å². The molecule has 0 aromatic heterocycles. The first kappa shape index (κ1) is 78.0.